The number of nitrogens with zero attached hydrogens (tertiary/aromatic N) is 3. The number of amides is 1. The van der Waals surface area contributed by atoms with Crippen molar-refractivity contribution in [3.63, 3.8) is 0 Å². The van der Waals surface area contributed by atoms with E-state index in [9.17, 15) is 4.79 Å². The van der Waals surface area contributed by atoms with Crippen LogP contribution in [0, 0.1) is 6.92 Å². The highest BCUT2D eigenvalue weighted by Crippen LogP contribution is 2.31. The molecule has 136 valence electrons. The number of carbonyl (C=O) groups is 1. The topological polar surface area (TPSA) is 67.8 Å². The molecule has 3 rings (SSSR count). The average molecular weight is 407 g/mol. The zero-order chi connectivity index (χ0) is 18.7. The molecule has 0 saturated carbocycles. The highest BCUT2D eigenvalue weighted by atomic mass is 35.5. The number of rotatable bonds is 6. The molecule has 0 saturated heterocycles. The fourth-order valence-corrected chi connectivity index (χ4v) is 4.75. The molecule has 3 aromatic rings. The van der Waals surface area contributed by atoms with Crippen LogP contribution in [-0.2, 0) is 0 Å². The van der Waals surface area contributed by atoms with Gasteiger partial charge in [-0.05, 0) is 31.9 Å². The van der Waals surface area contributed by atoms with E-state index in [1.54, 1.807) is 0 Å². The summed E-state index contributed by atoms with van der Waals surface area (Å²) in [6, 6.07) is 7.45. The molecule has 1 amide bonds. The predicted molar refractivity (Wildman–Crippen MR) is 108 cm³/mol. The van der Waals surface area contributed by atoms with Gasteiger partial charge in [0.05, 0.1) is 5.69 Å². The number of hydrogen-bond donors (Lipinski definition) is 1. The van der Waals surface area contributed by atoms with Gasteiger partial charge in [-0.25, -0.2) is 4.98 Å². The van der Waals surface area contributed by atoms with Crippen molar-refractivity contribution in [1.82, 2.24) is 15.2 Å². The van der Waals surface area contributed by atoms with Gasteiger partial charge in [-0.2, -0.15) is 0 Å². The van der Waals surface area contributed by atoms with Crippen molar-refractivity contribution in [3.05, 3.63) is 44.9 Å². The minimum atomic E-state index is -0.208. The summed E-state index contributed by atoms with van der Waals surface area (Å²) >= 11 is 8.83. The Kier molecular flexibility index (Phi) is 6.01. The molecule has 0 spiro atoms. The third-order valence-electron chi connectivity index (χ3n) is 4.07. The van der Waals surface area contributed by atoms with Crippen molar-refractivity contribution in [2.45, 2.75) is 39.5 Å². The van der Waals surface area contributed by atoms with Crippen LogP contribution in [-0.4, -0.2) is 21.1 Å². The minimum absolute atomic E-state index is 0.208. The lowest BCUT2D eigenvalue weighted by atomic mass is 10.1. The van der Waals surface area contributed by atoms with Gasteiger partial charge in [0.25, 0.3) is 5.91 Å². The van der Waals surface area contributed by atoms with Crippen LogP contribution in [0.25, 0.3) is 10.6 Å². The number of aromatic nitrogens is 3. The largest absolute Gasteiger partial charge is 0.296 e. The first-order valence-corrected chi connectivity index (χ1v) is 10.4. The Morgan fingerprint density at radius 3 is 2.69 bits per heavy atom. The lowest BCUT2D eigenvalue weighted by Gasteiger charge is -2.05. The molecule has 2 aromatic heterocycles. The number of hydrogen-bond acceptors (Lipinski definition) is 6. The summed E-state index contributed by atoms with van der Waals surface area (Å²) in [6.07, 6.45) is 2.02. The van der Waals surface area contributed by atoms with E-state index in [-0.39, 0.29) is 5.91 Å². The molecule has 8 heteroatoms. The maximum Gasteiger partial charge on any atom is 0.269 e. The molecule has 1 aromatic carbocycles. The van der Waals surface area contributed by atoms with E-state index in [0.717, 1.165) is 28.4 Å². The van der Waals surface area contributed by atoms with Crippen LogP contribution in [0.3, 0.4) is 0 Å². The van der Waals surface area contributed by atoms with Gasteiger partial charge in [0.2, 0.25) is 5.13 Å². The predicted octanol–water partition coefficient (Wildman–Crippen LogP) is 5.78. The first-order valence-electron chi connectivity index (χ1n) is 8.39. The first-order chi connectivity index (χ1) is 12.5. The lowest BCUT2D eigenvalue weighted by molar-refractivity contribution is 0.102. The van der Waals surface area contributed by atoms with Gasteiger partial charge in [-0.3, -0.25) is 10.1 Å². The van der Waals surface area contributed by atoms with Crippen molar-refractivity contribution in [2.75, 3.05) is 5.32 Å². The number of benzene rings is 1. The van der Waals surface area contributed by atoms with E-state index in [4.69, 9.17) is 11.6 Å². The second-order valence-electron chi connectivity index (χ2n) is 5.86. The van der Waals surface area contributed by atoms with Crippen molar-refractivity contribution in [3.8, 4) is 10.6 Å². The second-order valence-corrected chi connectivity index (χ2v) is 8.30. The van der Waals surface area contributed by atoms with Gasteiger partial charge < -0.3 is 0 Å². The van der Waals surface area contributed by atoms with Crippen LogP contribution in [0.4, 0.5) is 5.13 Å². The number of thiazole rings is 1. The summed E-state index contributed by atoms with van der Waals surface area (Å²) in [6.45, 7) is 6.09. The van der Waals surface area contributed by atoms with E-state index in [1.807, 2.05) is 31.2 Å². The molecule has 0 unspecified atom stereocenters. The Labute approximate surface area is 165 Å². The standard InChI is InChI=1S/C18H19ClN4OS2/c1-4-11(5-2)17-22-23-18(26-17)21-15(24)14-10(3)20-16(25-14)12-7-6-8-13(19)9-12/h6-9,11H,4-5H2,1-3H3,(H,21,23,24). The molecule has 0 atom stereocenters. The molecule has 1 N–H and O–H groups in total. The lowest BCUT2D eigenvalue weighted by Crippen LogP contribution is -2.11. The van der Waals surface area contributed by atoms with E-state index in [2.05, 4.69) is 34.3 Å². The van der Waals surface area contributed by atoms with E-state index in [1.165, 1.54) is 22.7 Å². The zero-order valence-corrected chi connectivity index (χ0v) is 17.1. The Hall–Kier alpha value is -1.83. The fraction of sp³-hybridized carbons (Fsp3) is 0.333. The minimum Gasteiger partial charge on any atom is -0.296 e. The Morgan fingerprint density at radius 1 is 1.23 bits per heavy atom. The molecule has 2 heterocycles. The number of carbonyl (C=O) groups excluding carboxylic acids is 1. The Bertz CT molecular complexity index is 918. The van der Waals surface area contributed by atoms with E-state index < -0.39 is 0 Å². The summed E-state index contributed by atoms with van der Waals surface area (Å²) in [7, 11) is 0. The van der Waals surface area contributed by atoms with Gasteiger partial charge in [0.1, 0.15) is 14.9 Å². The monoisotopic (exact) mass is 406 g/mol. The number of aryl methyl sites for hydroxylation is 1. The zero-order valence-electron chi connectivity index (χ0n) is 14.7. The molecule has 0 aliphatic heterocycles. The van der Waals surface area contributed by atoms with E-state index >= 15 is 0 Å². The molecule has 0 aliphatic rings. The SMILES string of the molecule is CCC(CC)c1nnc(NC(=O)c2sc(-c3cccc(Cl)c3)nc2C)s1. The Morgan fingerprint density at radius 2 is 2.00 bits per heavy atom. The molecular formula is C18H19ClN4OS2. The van der Waals surface area contributed by atoms with Crippen LogP contribution in [0.2, 0.25) is 5.02 Å². The highest BCUT2D eigenvalue weighted by Gasteiger charge is 2.19. The van der Waals surface area contributed by atoms with Crippen LogP contribution < -0.4 is 5.32 Å². The average Bonchev–Trinajstić information content (AvgIpc) is 3.23. The molecule has 0 aliphatic carbocycles. The molecule has 0 fully saturated rings. The summed E-state index contributed by atoms with van der Waals surface area (Å²) in [5, 5.41) is 14.1. The van der Waals surface area contributed by atoms with Crippen molar-refractivity contribution in [2.24, 2.45) is 0 Å². The first kappa shape index (κ1) is 18.9. The summed E-state index contributed by atoms with van der Waals surface area (Å²) in [5.41, 5.74) is 1.59. The summed E-state index contributed by atoms with van der Waals surface area (Å²) in [4.78, 5) is 17.7. The van der Waals surface area contributed by atoms with Crippen LogP contribution in [0.15, 0.2) is 24.3 Å². The molecule has 0 bridgehead atoms. The summed E-state index contributed by atoms with van der Waals surface area (Å²) < 4.78 is 0. The van der Waals surface area contributed by atoms with Gasteiger partial charge in [0, 0.05) is 16.5 Å². The second kappa shape index (κ2) is 8.24. The van der Waals surface area contributed by atoms with E-state index in [0.29, 0.717) is 26.6 Å². The van der Waals surface area contributed by atoms with Crippen molar-refractivity contribution >= 4 is 45.3 Å². The molecular weight excluding hydrogens is 388 g/mol. The van der Waals surface area contributed by atoms with Crippen LogP contribution in [0.5, 0.6) is 0 Å². The third kappa shape index (κ3) is 4.11. The fourth-order valence-electron chi connectivity index (χ4n) is 2.59. The molecule has 26 heavy (non-hydrogen) atoms. The number of nitrogens with one attached hydrogen (secondary N) is 1. The van der Waals surface area contributed by atoms with Crippen LogP contribution >= 0.6 is 34.3 Å². The summed E-state index contributed by atoms with van der Waals surface area (Å²) in [5.74, 6) is 0.179. The Balaban J connectivity index is 1.78. The van der Waals surface area contributed by atoms with Gasteiger partial charge >= 0.3 is 0 Å². The highest BCUT2D eigenvalue weighted by molar-refractivity contribution is 7.17. The third-order valence-corrected chi connectivity index (χ3v) is 6.51. The molecule has 5 nitrogen and oxygen atoms in total. The number of halogens is 1. The van der Waals surface area contributed by atoms with Crippen molar-refractivity contribution in [1.29, 1.82) is 0 Å². The maximum absolute atomic E-state index is 12.6. The number of anilines is 1. The quantitative estimate of drug-likeness (QED) is 0.563. The normalized spacial score (nSPS) is 11.1. The van der Waals surface area contributed by atoms with Gasteiger partial charge in [-0.1, -0.05) is 48.9 Å². The maximum atomic E-state index is 12.6. The van der Waals surface area contributed by atoms with Crippen LogP contribution in [0.1, 0.15) is 53.0 Å². The van der Waals surface area contributed by atoms with Gasteiger partial charge in [-0.15, -0.1) is 21.5 Å². The van der Waals surface area contributed by atoms with Gasteiger partial charge in [0.15, 0.2) is 0 Å². The van der Waals surface area contributed by atoms with Crippen molar-refractivity contribution < 1.29 is 4.79 Å². The smallest absolute Gasteiger partial charge is 0.269 e. The molecule has 0 radical (unpaired) electrons.